The van der Waals surface area contributed by atoms with Crippen molar-refractivity contribution in [1.29, 1.82) is 0 Å². The lowest BCUT2D eigenvalue weighted by Crippen LogP contribution is -2.12. The molecule has 2 aromatic rings. The van der Waals surface area contributed by atoms with Gasteiger partial charge in [0, 0.05) is 10.7 Å². The molecule has 1 heterocycles. The molecule has 0 fully saturated rings. The van der Waals surface area contributed by atoms with Crippen LogP contribution in [-0.2, 0) is 0 Å². The maximum absolute atomic E-state index is 11.5. The number of rotatable bonds is 2. The van der Waals surface area contributed by atoms with Gasteiger partial charge in [0.25, 0.3) is 5.91 Å². The lowest BCUT2D eigenvalue weighted by Gasteiger charge is -2.02. The maximum atomic E-state index is 11.5. The van der Waals surface area contributed by atoms with Crippen LogP contribution in [0.3, 0.4) is 0 Å². The summed E-state index contributed by atoms with van der Waals surface area (Å²) >= 11 is 5.77. The molecule has 0 spiro atoms. The van der Waals surface area contributed by atoms with Crippen LogP contribution in [0.4, 0.5) is 5.69 Å². The number of carbonyl (C=O) groups excluding carboxylic acids is 1. The zero-order chi connectivity index (χ0) is 10.7. The standard InChI is InChI=1S/C9H7ClN4O/c10-6-2-1-3-7(4-6)12-9(15)8-5-11-14-13-8/h1-5H,(H,12,15)(H,11,13,14). The van der Waals surface area contributed by atoms with Crippen molar-refractivity contribution >= 4 is 23.2 Å². The summed E-state index contributed by atoms with van der Waals surface area (Å²) in [6.07, 6.45) is 1.35. The Hall–Kier alpha value is -1.88. The molecule has 0 aliphatic rings. The van der Waals surface area contributed by atoms with Gasteiger partial charge in [-0.1, -0.05) is 17.7 Å². The van der Waals surface area contributed by atoms with Crippen LogP contribution in [0.2, 0.25) is 5.02 Å². The number of nitrogens with one attached hydrogen (secondary N) is 2. The number of halogens is 1. The van der Waals surface area contributed by atoms with Gasteiger partial charge in [-0.2, -0.15) is 15.4 Å². The highest BCUT2D eigenvalue weighted by Gasteiger charge is 2.08. The van der Waals surface area contributed by atoms with Crippen molar-refractivity contribution in [1.82, 2.24) is 15.4 Å². The van der Waals surface area contributed by atoms with Crippen molar-refractivity contribution in [3.8, 4) is 0 Å². The highest BCUT2D eigenvalue weighted by Crippen LogP contribution is 2.15. The zero-order valence-electron chi connectivity index (χ0n) is 7.57. The number of aromatic nitrogens is 3. The van der Waals surface area contributed by atoms with E-state index in [9.17, 15) is 4.79 Å². The molecule has 0 aliphatic carbocycles. The van der Waals surface area contributed by atoms with Crippen LogP contribution < -0.4 is 5.32 Å². The molecule has 0 aliphatic heterocycles. The van der Waals surface area contributed by atoms with Crippen molar-refractivity contribution in [3.05, 3.63) is 41.2 Å². The van der Waals surface area contributed by atoms with Gasteiger partial charge in [0.05, 0.1) is 6.20 Å². The second-order valence-corrected chi connectivity index (χ2v) is 3.26. The van der Waals surface area contributed by atoms with E-state index >= 15 is 0 Å². The molecule has 1 aromatic heterocycles. The third-order valence-electron chi connectivity index (χ3n) is 1.73. The highest BCUT2D eigenvalue weighted by molar-refractivity contribution is 6.30. The van der Waals surface area contributed by atoms with Gasteiger partial charge in [0.2, 0.25) is 0 Å². The molecule has 0 radical (unpaired) electrons. The van der Waals surface area contributed by atoms with Gasteiger partial charge >= 0.3 is 0 Å². The quantitative estimate of drug-likeness (QED) is 0.813. The van der Waals surface area contributed by atoms with Gasteiger partial charge in [0.15, 0.2) is 5.69 Å². The van der Waals surface area contributed by atoms with E-state index < -0.39 is 0 Å². The molecule has 6 heteroatoms. The Kier molecular flexibility index (Phi) is 2.64. The van der Waals surface area contributed by atoms with Gasteiger partial charge in [-0.15, -0.1) is 0 Å². The number of hydrogen-bond donors (Lipinski definition) is 2. The number of H-pyrrole nitrogens is 1. The van der Waals surface area contributed by atoms with E-state index in [1.807, 2.05) is 0 Å². The first-order valence-corrected chi connectivity index (χ1v) is 4.56. The first-order chi connectivity index (χ1) is 7.25. The third kappa shape index (κ3) is 2.32. The van der Waals surface area contributed by atoms with E-state index in [1.165, 1.54) is 6.20 Å². The summed E-state index contributed by atoms with van der Waals surface area (Å²) in [5, 5.41) is 12.8. The molecule has 5 nitrogen and oxygen atoms in total. The average Bonchev–Trinajstić information content (AvgIpc) is 2.70. The minimum atomic E-state index is -0.328. The number of carbonyl (C=O) groups is 1. The number of amides is 1. The number of benzene rings is 1. The van der Waals surface area contributed by atoms with Crippen molar-refractivity contribution in [2.75, 3.05) is 5.32 Å². The molecule has 2 rings (SSSR count). The summed E-state index contributed by atoms with van der Waals surface area (Å²) in [4.78, 5) is 11.5. The van der Waals surface area contributed by atoms with Gasteiger partial charge in [0.1, 0.15) is 0 Å². The Morgan fingerprint density at radius 3 is 3.00 bits per heavy atom. The van der Waals surface area contributed by atoms with Crippen LogP contribution in [0.1, 0.15) is 10.5 Å². The molecule has 0 unspecified atom stereocenters. The average molecular weight is 223 g/mol. The fraction of sp³-hybridized carbons (Fsp3) is 0. The second kappa shape index (κ2) is 4.10. The number of hydrogen-bond acceptors (Lipinski definition) is 3. The Bertz CT molecular complexity index is 469. The number of aromatic amines is 1. The Morgan fingerprint density at radius 1 is 1.47 bits per heavy atom. The summed E-state index contributed by atoms with van der Waals surface area (Å²) in [6.45, 7) is 0. The van der Waals surface area contributed by atoms with Crippen molar-refractivity contribution < 1.29 is 4.79 Å². The topological polar surface area (TPSA) is 70.7 Å². The summed E-state index contributed by atoms with van der Waals surface area (Å²) in [7, 11) is 0. The van der Waals surface area contributed by atoms with Crippen LogP contribution in [0.15, 0.2) is 30.5 Å². The van der Waals surface area contributed by atoms with Crippen molar-refractivity contribution in [2.24, 2.45) is 0 Å². The van der Waals surface area contributed by atoms with E-state index in [-0.39, 0.29) is 11.6 Å². The van der Waals surface area contributed by atoms with Crippen LogP contribution in [0, 0.1) is 0 Å². The Labute approximate surface area is 90.5 Å². The lowest BCUT2D eigenvalue weighted by molar-refractivity contribution is 0.102. The first-order valence-electron chi connectivity index (χ1n) is 4.18. The van der Waals surface area contributed by atoms with Gasteiger partial charge in [-0.05, 0) is 18.2 Å². The molecular formula is C9H7ClN4O. The fourth-order valence-electron chi connectivity index (χ4n) is 1.07. The zero-order valence-corrected chi connectivity index (χ0v) is 8.32. The molecule has 15 heavy (non-hydrogen) atoms. The van der Waals surface area contributed by atoms with E-state index in [2.05, 4.69) is 20.7 Å². The molecule has 0 bridgehead atoms. The summed E-state index contributed by atoms with van der Waals surface area (Å²) in [6, 6.07) is 6.87. The molecule has 1 amide bonds. The fourth-order valence-corrected chi connectivity index (χ4v) is 1.26. The smallest absolute Gasteiger partial charge is 0.277 e. The molecule has 1 aromatic carbocycles. The predicted octanol–water partition coefficient (Wildman–Crippen LogP) is 1.71. The minimum Gasteiger partial charge on any atom is -0.320 e. The van der Waals surface area contributed by atoms with E-state index in [1.54, 1.807) is 24.3 Å². The van der Waals surface area contributed by atoms with Crippen LogP contribution in [-0.4, -0.2) is 21.3 Å². The van der Waals surface area contributed by atoms with Crippen molar-refractivity contribution in [2.45, 2.75) is 0 Å². The maximum Gasteiger partial charge on any atom is 0.277 e. The molecule has 2 N–H and O–H groups in total. The molecule has 0 atom stereocenters. The van der Waals surface area contributed by atoms with Gasteiger partial charge in [-0.3, -0.25) is 4.79 Å². The van der Waals surface area contributed by atoms with E-state index in [0.717, 1.165) is 0 Å². The summed E-state index contributed by atoms with van der Waals surface area (Å²) < 4.78 is 0. The van der Waals surface area contributed by atoms with Gasteiger partial charge < -0.3 is 5.32 Å². The highest BCUT2D eigenvalue weighted by atomic mass is 35.5. The van der Waals surface area contributed by atoms with Crippen LogP contribution in [0.25, 0.3) is 0 Å². The predicted molar refractivity (Wildman–Crippen MR) is 55.8 cm³/mol. The first kappa shape index (κ1) is 9.67. The Morgan fingerprint density at radius 2 is 2.33 bits per heavy atom. The van der Waals surface area contributed by atoms with Crippen LogP contribution in [0.5, 0.6) is 0 Å². The summed E-state index contributed by atoms with van der Waals surface area (Å²) in [5.74, 6) is -0.328. The Balaban J connectivity index is 2.13. The monoisotopic (exact) mass is 222 g/mol. The largest absolute Gasteiger partial charge is 0.320 e. The van der Waals surface area contributed by atoms with E-state index in [4.69, 9.17) is 11.6 Å². The minimum absolute atomic E-state index is 0.231. The number of anilines is 1. The molecule has 0 saturated carbocycles. The summed E-state index contributed by atoms with van der Waals surface area (Å²) in [5.41, 5.74) is 0.852. The normalized spacial score (nSPS) is 9.93. The van der Waals surface area contributed by atoms with Crippen LogP contribution >= 0.6 is 11.6 Å². The molecule has 76 valence electrons. The van der Waals surface area contributed by atoms with Gasteiger partial charge in [-0.25, -0.2) is 0 Å². The lowest BCUT2D eigenvalue weighted by atomic mass is 10.3. The van der Waals surface area contributed by atoms with Crippen molar-refractivity contribution in [3.63, 3.8) is 0 Å². The molecule has 0 saturated heterocycles. The second-order valence-electron chi connectivity index (χ2n) is 2.82. The number of nitrogens with zero attached hydrogens (tertiary/aromatic N) is 2. The molecular weight excluding hydrogens is 216 g/mol. The SMILES string of the molecule is O=C(Nc1cccc(Cl)c1)c1cn[nH]n1. The van der Waals surface area contributed by atoms with E-state index in [0.29, 0.717) is 10.7 Å². The third-order valence-corrected chi connectivity index (χ3v) is 1.97.